The topological polar surface area (TPSA) is 71.3 Å². The van der Waals surface area contributed by atoms with Crippen LogP contribution in [-0.2, 0) is 24.5 Å². The van der Waals surface area contributed by atoms with E-state index >= 15 is 0 Å². The molecule has 0 bridgehead atoms. The number of halogens is 3. The Morgan fingerprint density at radius 3 is 2.69 bits per heavy atom. The van der Waals surface area contributed by atoms with Crippen molar-refractivity contribution in [2.45, 2.75) is 32.3 Å². The molecule has 0 spiro atoms. The molecule has 0 radical (unpaired) electrons. The standard InChI is InChI=1S/C25H21ClF2N4O3/c26-17-5-4-16(20(27)10-17)14-34-24-3-1-2-22(31-24)19-11-25(30-12-21(19)28)35-15-23-29-7-8-32(23)13-18-6-9-33-18/h1-5,7-8,10-12,18H,6,9,13-15H2/t18-/m0/s1. The lowest BCUT2D eigenvalue weighted by atomic mass is 10.1. The van der Waals surface area contributed by atoms with Crippen LogP contribution >= 0.6 is 11.6 Å². The molecule has 1 saturated heterocycles. The largest absolute Gasteiger partial charge is 0.473 e. The van der Waals surface area contributed by atoms with Crippen LogP contribution in [0.3, 0.4) is 0 Å². The normalized spacial score (nSPS) is 15.0. The highest BCUT2D eigenvalue weighted by atomic mass is 35.5. The second-order valence-electron chi connectivity index (χ2n) is 7.95. The third kappa shape index (κ3) is 5.58. The van der Waals surface area contributed by atoms with E-state index in [1.807, 2.05) is 10.8 Å². The Morgan fingerprint density at radius 1 is 1.03 bits per heavy atom. The number of ether oxygens (including phenoxy) is 3. The highest BCUT2D eigenvalue weighted by Crippen LogP contribution is 2.26. The van der Waals surface area contributed by atoms with Crippen LogP contribution in [0.25, 0.3) is 11.3 Å². The number of imidazole rings is 1. The minimum atomic E-state index is -0.561. The molecule has 0 saturated carbocycles. The fraction of sp³-hybridized carbons (Fsp3) is 0.240. The predicted octanol–water partition coefficient (Wildman–Crippen LogP) is 5.22. The van der Waals surface area contributed by atoms with Gasteiger partial charge >= 0.3 is 0 Å². The van der Waals surface area contributed by atoms with Crippen molar-refractivity contribution in [3.8, 4) is 23.0 Å². The minimum absolute atomic E-state index is 0.0504. The lowest BCUT2D eigenvalue weighted by molar-refractivity contribution is -0.0598. The van der Waals surface area contributed by atoms with Gasteiger partial charge in [-0.2, -0.15) is 0 Å². The maximum atomic E-state index is 14.6. The van der Waals surface area contributed by atoms with Crippen LogP contribution in [0.15, 0.2) is 61.1 Å². The van der Waals surface area contributed by atoms with Crippen molar-refractivity contribution in [2.24, 2.45) is 0 Å². The zero-order chi connectivity index (χ0) is 24.2. The molecule has 1 atom stereocenters. The molecule has 1 aromatic carbocycles. The van der Waals surface area contributed by atoms with Gasteiger partial charge in [-0.15, -0.1) is 0 Å². The van der Waals surface area contributed by atoms with Crippen molar-refractivity contribution in [2.75, 3.05) is 6.61 Å². The van der Waals surface area contributed by atoms with Crippen LogP contribution in [0.4, 0.5) is 8.78 Å². The Bertz CT molecular complexity index is 1330. The fourth-order valence-electron chi connectivity index (χ4n) is 3.56. The van der Waals surface area contributed by atoms with Gasteiger partial charge in [0.2, 0.25) is 11.8 Å². The molecular formula is C25H21ClF2N4O3. The molecule has 180 valence electrons. The lowest BCUT2D eigenvalue weighted by Gasteiger charge is -2.27. The minimum Gasteiger partial charge on any atom is -0.473 e. The Hall–Kier alpha value is -3.56. The lowest BCUT2D eigenvalue weighted by Crippen LogP contribution is -2.31. The van der Waals surface area contributed by atoms with Gasteiger partial charge in [0.1, 0.15) is 24.9 Å². The van der Waals surface area contributed by atoms with E-state index in [1.165, 1.54) is 18.2 Å². The fourth-order valence-corrected chi connectivity index (χ4v) is 3.72. The second-order valence-corrected chi connectivity index (χ2v) is 8.39. The van der Waals surface area contributed by atoms with Gasteiger partial charge in [-0.3, -0.25) is 0 Å². The van der Waals surface area contributed by atoms with Gasteiger partial charge in [0.15, 0.2) is 5.82 Å². The number of nitrogens with zero attached hydrogens (tertiary/aromatic N) is 4. The van der Waals surface area contributed by atoms with Crippen LogP contribution in [0, 0.1) is 11.6 Å². The van der Waals surface area contributed by atoms with Gasteiger partial charge in [0.05, 0.1) is 24.5 Å². The maximum Gasteiger partial charge on any atom is 0.214 e. The summed E-state index contributed by atoms with van der Waals surface area (Å²) in [6, 6.07) is 10.7. The van der Waals surface area contributed by atoms with Gasteiger partial charge < -0.3 is 18.8 Å². The van der Waals surface area contributed by atoms with E-state index in [4.69, 9.17) is 25.8 Å². The van der Waals surface area contributed by atoms with Gasteiger partial charge in [-0.05, 0) is 24.6 Å². The Kier molecular flexibility index (Phi) is 6.87. The van der Waals surface area contributed by atoms with E-state index < -0.39 is 11.6 Å². The van der Waals surface area contributed by atoms with Crippen molar-refractivity contribution in [3.63, 3.8) is 0 Å². The molecule has 1 fully saturated rings. The number of pyridine rings is 2. The van der Waals surface area contributed by atoms with Gasteiger partial charge in [-0.1, -0.05) is 23.7 Å². The van der Waals surface area contributed by atoms with E-state index in [-0.39, 0.29) is 36.6 Å². The molecule has 0 unspecified atom stereocenters. The summed E-state index contributed by atoms with van der Waals surface area (Å²) in [5, 5.41) is 0.300. The van der Waals surface area contributed by atoms with Gasteiger partial charge in [0.25, 0.3) is 0 Å². The van der Waals surface area contributed by atoms with Crippen LogP contribution < -0.4 is 9.47 Å². The second kappa shape index (κ2) is 10.4. The Labute approximate surface area is 205 Å². The molecule has 0 amide bonds. The highest BCUT2D eigenvalue weighted by molar-refractivity contribution is 6.30. The summed E-state index contributed by atoms with van der Waals surface area (Å²) in [6.07, 6.45) is 5.86. The molecule has 4 heterocycles. The summed E-state index contributed by atoms with van der Waals surface area (Å²) < 4.78 is 47.5. The quantitative estimate of drug-likeness (QED) is 0.315. The van der Waals surface area contributed by atoms with Gasteiger partial charge in [0, 0.05) is 47.3 Å². The molecule has 0 N–H and O–H groups in total. The molecule has 1 aliphatic heterocycles. The Balaban J connectivity index is 1.27. The van der Waals surface area contributed by atoms with E-state index in [0.717, 1.165) is 25.0 Å². The Morgan fingerprint density at radius 2 is 1.89 bits per heavy atom. The summed E-state index contributed by atoms with van der Waals surface area (Å²) in [4.78, 5) is 12.7. The smallest absolute Gasteiger partial charge is 0.214 e. The first-order valence-electron chi connectivity index (χ1n) is 11.0. The zero-order valence-corrected chi connectivity index (χ0v) is 19.3. The number of hydrogen-bond acceptors (Lipinski definition) is 6. The number of rotatable bonds is 9. The monoisotopic (exact) mass is 498 g/mol. The number of benzene rings is 1. The van der Waals surface area contributed by atoms with Crippen LogP contribution in [0.2, 0.25) is 5.02 Å². The molecule has 3 aromatic heterocycles. The summed E-state index contributed by atoms with van der Waals surface area (Å²) in [5.41, 5.74) is 0.853. The maximum absolute atomic E-state index is 14.6. The van der Waals surface area contributed by atoms with Gasteiger partial charge in [-0.25, -0.2) is 23.7 Å². The molecule has 10 heteroatoms. The molecular weight excluding hydrogens is 478 g/mol. The van der Waals surface area contributed by atoms with E-state index in [0.29, 0.717) is 22.8 Å². The molecule has 4 aromatic rings. The summed E-state index contributed by atoms with van der Waals surface area (Å²) >= 11 is 5.78. The highest BCUT2D eigenvalue weighted by Gasteiger charge is 2.20. The first-order chi connectivity index (χ1) is 17.0. The molecule has 35 heavy (non-hydrogen) atoms. The SMILES string of the molecule is Fc1cc(Cl)ccc1COc1cccc(-c2cc(OCc3nccn3C[C@@H]3CCO3)ncc2F)n1. The van der Waals surface area contributed by atoms with E-state index in [9.17, 15) is 8.78 Å². The van der Waals surface area contributed by atoms with Crippen molar-refractivity contribution in [3.05, 3.63) is 89.1 Å². The third-order valence-electron chi connectivity index (χ3n) is 5.56. The van der Waals surface area contributed by atoms with Crippen molar-refractivity contribution in [1.29, 1.82) is 0 Å². The average molecular weight is 499 g/mol. The average Bonchev–Trinajstić information content (AvgIpc) is 3.27. The molecule has 1 aliphatic rings. The van der Waals surface area contributed by atoms with Crippen LogP contribution in [0.1, 0.15) is 17.8 Å². The van der Waals surface area contributed by atoms with Crippen molar-refractivity contribution in [1.82, 2.24) is 19.5 Å². The summed E-state index contributed by atoms with van der Waals surface area (Å²) in [7, 11) is 0. The number of aromatic nitrogens is 4. The predicted molar refractivity (Wildman–Crippen MR) is 124 cm³/mol. The molecule has 7 nitrogen and oxygen atoms in total. The van der Waals surface area contributed by atoms with Crippen LogP contribution in [0.5, 0.6) is 11.8 Å². The molecule has 0 aliphatic carbocycles. The third-order valence-corrected chi connectivity index (χ3v) is 5.80. The first kappa shape index (κ1) is 23.2. The van der Waals surface area contributed by atoms with Crippen molar-refractivity contribution < 1.29 is 23.0 Å². The zero-order valence-electron chi connectivity index (χ0n) is 18.5. The number of hydrogen-bond donors (Lipinski definition) is 0. The summed E-state index contributed by atoms with van der Waals surface area (Å²) in [6.45, 7) is 1.61. The molecule has 5 rings (SSSR count). The van der Waals surface area contributed by atoms with E-state index in [1.54, 1.807) is 30.5 Å². The van der Waals surface area contributed by atoms with Crippen molar-refractivity contribution >= 4 is 11.6 Å². The van der Waals surface area contributed by atoms with E-state index in [2.05, 4.69) is 15.0 Å². The first-order valence-corrected chi connectivity index (χ1v) is 11.4. The summed E-state index contributed by atoms with van der Waals surface area (Å²) in [5.74, 6) is 0.130. The van der Waals surface area contributed by atoms with Crippen LogP contribution in [-0.4, -0.2) is 32.2 Å².